The molecule has 0 radical (unpaired) electrons. The molecular weight excluding hydrogens is 236 g/mol. The fraction of sp³-hybridized carbons (Fsp3) is 0.462. The summed E-state index contributed by atoms with van der Waals surface area (Å²) >= 11 is 0. The first-order chi connectivity index (χ1) is 8.20. The van der Waals surface area contributed by atoms with Crippen LogP contribution in [0.4, 0.5) is 0 Å². The van der Waals surface area contributed by atoms with Crippen LogP contribution in [0.15, 0.2) is 24.3 Å². The van der Waals surface area contributed by atoms with Crippen molar-refractivity contribution in [1.29, 1.82) is 0 Å². The number of ether oxygens (including phenoxy) is 1. The maximum Gasteiger partial charge on any atom is 0.335 e. The molecular formula is C13H18O5. The average Bonchev–Trinajstić information content (AvgIpc) is 2.26. The van der Waals surface area contributed by atoms with Crippen LogP contribution < -0.4 is 4.74 Å². The second-order valence-corrected chi connectivity index (χ2v) is 5.01. The van der Waals surface area contributed by atoms with E-state index >= 15 is 0 Å². The van der Waals surface area contributed by atoms with Gasteiger partial charge in [0.05, 0.1) is 0 Å². The van der Waals surface area contributed by atoms with Crippen LogP contribution in [-0.2, 0) is 4.79 Å². The van der Waals surface area contributed by atoms with Gasteiger partial charge in [-0.1, -0.05) is 12.1 Å². The Balaban J connectivity index is 2.80. The molecule has 0 saturated carbocycles. The summed E-state index contributed by atoms with van der Waals surface area (Å²) in [5, 5.41) is 27.4. The molecule has 0 aliphatic heterocycles. The maximum absolute atomic E-state index is 10.5. The molecule has 1 rings (SSSR count). The van der Waals surface area contributed by atoms with Crippen molar-refractivity contribution in [3.8, 4) is 5.75 Å². The lowest BCUT2D eigenvalue weighted by Gasteiger charge is -2.22. The second kappa shape index (κ2) is 5.37. The van der Waals surface area contributed by atoms with E-state index < -0.39 is 18.2 Å². The van der Waals surface area contributed by atoms with E-state index in [1.54, 1.807) is 12.1 Å². The number of aliphatic hydroxyl groups is 2. The zero-order valence-electron chi connectivity index (χ0n) is 10.6. The Hall–Kier alpha value is -1.59. The molecule has 100 valence electrons. The Morgan fingerprint density at radius 1 is 1.17 bits per heavy atom. The van der Waals surface area contributed by atoms with Gasteiger partial charge in [0.1, 0.15) is 17.5 Å². The van der Waals surface area contributed by atoms with Crippen molar-refractivity contribution in [2.24, 2.45) is 0 Å². The number of carbonyl (C=O) groups is 1. The zero-order valence-corrected chi connectivity index (χ0v) is 10.6. The van der Waals surface area contributed by atoms with Crippen LogP contribution >= 0.6 is 0 Å². The number of hydrogen-bond donors (Lipinski definition) is 3. The van der Waals surface area contributed by atoms with E-state index in [2.05, 4.69) is 0 Å². The standard InChI is InChI=1S/C13H18O5/c1-13(2,3)18-9-6-4-8(5-7-9)10(14)11(15)12(16)17/h4-7,10-11,14-15H,1-3H3,(H,16,17). The van der Waals surface area contributed by atoms with Gasteiger partial charge in [-0.05, 0) is 38.5 Å². The number of benzene rings is 1. The zero-order chi connectivity index (χ0) is 13.9. The smallest absolute Gasteiger partial charge is 0.335 e. The first kappa shape index (κ1) is 14.5. The monoisotopic (exact) mass is 254 g/mol. The van der Waals surface area contributed by atoms with E-state index in [-0.39, 0.29) is 5.60 Å². The Labute approximate surface area is 106 Å². The molecule has 0 aromatic heterocycles. The van der Waals surface area contributed by atoms with Crippen molar-refractivity contribution in [2.45, 2.75) is 38.6 Å². The summed E-state index contributed by atoms with van der Waals surface area (Å²) in [4.78, 5) is 10.5. The van der Waals surface area contributed by atoms with E-state index in [1.807, 2.05) is 20.8 Å². The molecule has 0 amide bonds. The quantitative estimate of drug-likeness (QED) is 0.754. The van der Waals surface area contributed by atoms with Gasteiger partial charge in [-0.15, -0.1) is 0 Å². The third-order valence-corrected chi connectivity index (χ3v) is 2.20. The molecule has 2 unspecified atom stereocenters. The number of hydrogen-bond acceptors (Lipinski definition) is 4. The van der Waals surface area contributed by atoms with Gasteiger partial charge in [0, 0.05) is 0 Å². The molecule has 18 heavy (non-hydrogen) atoms. The van der Waals surface area contributed by atoms with Gasteiger partial charge in [0.2, 0.25) is 0 Å². The van der Waals surface area contributed by atoms with Gasteiger partial charge in [0.25, 0.3) is 0 Å². The molecule has 1 aromatic rings. The molecule has 0 aliphatic rings. The predicted octanol–water partition coefficient (Wildman–Crippen LogP) is 1.34. The second-order valence-electron chi connectivity index (χ2n) is 5.01. The lowest BCUT2D eigenvalue weighted by molar-refractivity contribution is -0.153. The summed E-state index contributed by atoms with van der Waals surface area (Å²) in [6.45, 7) is 5.72. The lowest BCUT2D eigenvalue weighted by Crippen LogP contribution is -2.27. The molecule has 5 nitrogen and oxygen atoms in total. The molecule has 0 saturated heterocycles. The number of rotatable bonds is 4. The first-order valence-electron chi connectivity index (χ1n) is 5.58. The van der Waals surface area contributed by atoms with Gasteiger partial charge in [-0.25, -0.2) is 4.79 Å². The average molecular weight is 254 g/mol. The third-order valence-electron chi connectivity index (χ3n) is 2.20. The minimum Gasteiger partial charge on any atom is -0.488 e. The van der Waals surface area contributed by atoms with E-state index in [9.17, 15) is 15.0 Å². The number of aliphatic hydroxyl groups excluding tert-OH is 2. The Bertz CT molecular complexity index is 404. The van der Waals surface area contributed by atoms with Crippen LogP contribution in [-0.4, -0.2) is 33.0 Å². The van der Waals surface area contributed by atoms with Crippen molar-refractivity contribution in [3.05, 3.63) is 29.8 Å². The van der Waals surface area contributed by atoms with Gasteiger partial charge in [-0.3, -0.25) is 0 Å². The van der Waals surface area contributed by atoms with E-state index in [1.165, 1.54) is 12.1 Å². The molecule has 0 fully saturated rings. The van der Waals surface area contributed by atoms with Crippen molar-refractivity contribution in [1.82, 2.24) is 0 Å². The lowest BCUT2D eigenvalue weighted by atomic mass is 10.0. The molecule has 2 atom stereocenters. The highest BCUT2D eigenvalue weighted by Gasteiger charge is 2.25. The summed E-state index contributed by atoms with van der Waals surface area (Å²) in [6.07, 6.45) is -3.29. The maximum atomic E-state index is 10.5. The Kier molecular flexibility index (Phi) is 4.32. The summed E-state index contributed by atoms with van der Waals surface area (Å²) in [5.74, 6) is -0.846. The van der Waals surface area contributed by atoms with Gasteiger partial charge in [-0.2, -0.15) is 0 Å². The Morgan fingerprint density at radius 2 is 1.67 bits per heavy atom. The van der Waals surface area contributed by atoms with Crippen LogP contribution in [0.2, 0.25) is 0 Å². The summed E-state index contributed by atoms with van der Waals surface area (Å²) < 4.78 is 5.58. The topological polar surface area (TPSA) is 87.0 Å². The van der Waals surface area contributed by atoms with Crippen LogP contribution in [0, 0.1) is 0 Å². The van der Waals surface area contributed by atoms with Gasteiger partial charge in [0.15, 0.2) is 6.10 Å². The number of aliphatic carboxylic acids is 1. The van der Waals surface area contributed by atoms with E-state index in [0.717, 1.165) is 0 Å². The van der Waals surface area contributed by atoms with E-state index in [4.69, 9.17) is 9.84 Å². The summed E-state index contributed by atoms with van der Waals surface area (Å²) in [6, 6.07) is 6.30. The largest absolute Gasteiger partial charge is 0.488 e. The molecule has 0 bridgehead atoms. The third kappa shape index (κ3) is 4.01. The van der Waals surface area contributed by atoms with Crippen LogP contribution in [0.1, 0.15) is 32.4 Å². The molecule has 0 aliphatic carbocycles. The first-order valence-corrected chi connectivity index (χ1v) is 5.58. The molecule has 5 heteroatoms. The highest BCUT2D eigenvalue weighted by atomic mass is 16.5. The number of carboxylic acids is 1. The van der Waals surface area contributed by atoms with Gasteiger partial charge >= 0.3 is 5.97 Å². The Morgan fingerprint density at radius 3 is 2.06 bits per heavy atom. The van der Waals surface area contributed by atoms with Crippen LogP contribution in [0.25, 0.3) is 0 Å². The van der Waals surface area contributed by atoms with Crippen LogP contribution in [0.3, 0.4) is 0 Å². The fourth-order valence-electron chi connectivity index (χ4n) is 1.40. The number of carboxylic acid groups (broad SMARTS) is 1. The van der Waals surface area contributed by atoms with Crippen molar-refractivity contribution < 1.29 is 24.9 Å². The highest BCUT2D eigenvalue weighted by molar-refractivity contribution is 5.73. The molecule has 0 spiro atoms. The minimum absolute atomic E-state index is 0.325. The highest BCUT2D eigenvalue weighted by Crippen LogP contribution is 2.23. The van der Waals surface area contributed by atoms with Gasteiger partial charge < -0.3 is 20.1 Å². The van der Waals surface area contributed by atoms with Crippen LogP contribution in [0.5, 0.6) is 5.75 Å². The minimum atomic E-state index is -1.83. The van der Waals surface area contributed by atoms with Crippen molar-refractivity contribution in [3.63, 3.8) is 0 Å². The molecule has 0 heterocycles. The normalized spacial score (nSPS) is 14.9. The summed E-state index contributed by atoms with van der Waals surface area (Å²) in [7, 11) is 0. The molecule has 3 N–H and O–H groups in total. The SMILES string of the molecule is CC(C)(C)Oc1ccc(C(O)C(O)C(=O)O)cc1. The fourth-order valence-corrected chi connectivity index (χ4v) is 1.40. The van der Waals surface area contributed by atoms with E-state index in [0.29, 0.717) is 11.3 Å². The van der Waals surface area contributed by atoms with Crippen molar-refractivity contribution in [2.75, 3.05) is 0 Å². The summed E-state index contributed by atoms with van der Waals surface area (Å²) in [5.41, 5.74) is -0.00748. The molecule has 1 aromatic carbocycles. The van der Waals surface area contributed by atoms with Crippen molar-refractivity contribution >= 4 is 5.97 Å². The predicted molar refractivity (Wildman–Crippen MR) is 65.4 cm³/mol.